The zero-order valence-electron chi connectivity index (χ0n) is 23.5. The van der Waals surface area contributed by atoms with E-state index >= 15 is 0 Å². The molecule has 0 fully saturated rings. The number of carbonyl (C=O) groups excluding carboxylic acids is 2. The Morgan fingerprint density at radius 3 is 2.65 bits per heavy atom. The second kappa shape index (κ2) is 13.9. The number of amides is 2. The van der Waals surface area contributed by atoms with Crippen molar-refractivity contribution in [2.75, 3.05) is 31.6 Å². The third-order valence-electron chi connectivity index (χ3n) is 6.52. The fraction of sp³-hybridized carbons (Fsp3) is 0.400. The molecule has 1 atom stereocenters. The Hall–Kier alpha value is -3.92. The van der Waals surface area contributed by atoms with Crippen LogP contribution in [0.1, 0.15) is 48.0 Å². The minimum Gasteiger partial charge on any atom is -0.444 e. The lowest BCUT2D eigenvalue weighted by Gasteiger charge is -2.27. The van der Waals surface area contributed by atoms with Crippen LogP contribution >= 0.6 is 11.3 Å². The molecule has 0 aliphatic rings. The molecule has 2 aromatic heterocycles. The monoisotopic (exact) mass is 563 g/mol. The van der Waals surface area contributed by atoms with Crippen LogP contribution in [-0.2, 0) is 17.8 Å². The van der Waals surface area contributed by atoms with E-state index in [9.17, 15) is 9.59 Å². The molecule has 40 heavy (non-hydrogen) atoms. The number of alkyl carbamates (subject to hydrolysis) is 1. The molecular formula is C30H37N5O4S. The third-order valence-corrected chi connectivity index (χ3v) is 7.27. The second-order valence-corrected chi connectivity index (χ2v) is 11.2. The number of benzene rings is 2. The minimum atomic E-state index is -0.486. The van der Waals surface area contributed by atoms with E-state index in [0.717, 1.165) is 17.0 Å². The molecule has 0 unspecified atom stereocenters. The number of hydrogen-bond donors (Lipinski definition) is 1. The van der Waals surface area contributed by atoms with Crippen LogP contribution in [-0.4, -0.2) is 59.6 Å². The quantitative estimate of drug-likeness (QED) is 0.220. The van der Waals surface area contributed by atoms with Crippen molar-refractivity contribution in [1.82, 2.24) is 20.2 Å². The molecule has 212 valence electrons. The number of aromatic nitrogens is 2. The molecule has 4 aromatic rings. The van der Waals surface area contributed by atoms with Crippen LogP contribution in [0.2, 0.25) is 0 Å². The lowest BCUT2D eigenvalue weighted by Crippen LogP contribution is -2.42. The van der Waals surface area contributed by atoms with Gasteiger partial charge in [0, 0.05) is 44.5 Å². The van der Waals surface area contributed by atoms with E-state index in [1.165, 1.54) is 11.3 Å². The topological polar surface area (TPSA) is 101 Å². The van der Waals surface area contributed by atoms with Gasteiger partial charge in [-0.05, 0) is 49.4 Å². The summed E-state index contributed by atoms with van der Waals surface area (Å²) < 4.78 is 11.3. The van der Waals surface area contributed by atoms with Crippen LogP contribution in [0.3, 0.4) is 0 Å². The molecule has 0 spiro atoms. The van der Waals surface area contributed by atoms with Crippen LogP contribution in [0.15, 0.2) is 64.7 Å². The van der Waals surface area contributed by atoms with Gasteiger partial charge in [0.25, 0.3) is 11.9 Å². The summed E-state index contributed by atoms with van der Waals surface area (Å²) in [5, 5.41) is 3.02. The molecule has 0 aliphatic carbocycles. The van der Waals surface area contributed by atoms with Crippen LogP contribution in [0.25, 0.3) is 11.1 Å². The van der Waals surface area contributed by atoms with Crippen LogP contribution in [0, 0.1) is 5.92 Å². The highest BCUT2D eigenvalue weighted by Crippen LogP contribution is 2.23. The first-order chi connectivity index (χ1) is 19.3. The Kier molecular flexibility index (Phi) is 10.1. The number of carbonyl (C=O) groups is 2. The van der Waals surface area contributed by atoms with Crippen molar-refractivity contribution >= 4 is 40.5 Å². The van der Waals surface area contributed by atoms with Gasteiger partial charge in [-0.2, -0.15) is 4.98 Å². The van der Waals surface area contributed by atoms with Crippen molar-refractivity contribution in [3.05, 3.63) is 76.2 Å². The Morgan fingerprint density at radius 2 is 1.95 bits per heavy atom. The minimum absolute atomic E-state index is 0.0800. The van der Waals surface area contributed by atoms with E-state index in [0.29, 0.717) is 48.6 Å². The van der Waals surface area contributed by atoms with E-state index in [2.05, 4.69) is 29.1 Å². The predicted molar refractivity (Wildman–Crippen MR) is 158 cm³/mol. The Morgan fingerprint density at radius 1 is 1.15 bits per heavy atom. The van der Waals surface area contributed by atoms with Crippen molar-refractivity contribution in [1.29, 1.82) is 0 Å². The fourth-order valence-electron chi connectivity index (χ4n) is 4.34. The zero-order valence-corrected chi connectivity index (χ0v) is 24.3. The number of thiazole rings is 1. The molecule has 0 aliphatic heterocycles. The summed E-state index contributed by atoms with van der Waals surface area (Å²) in [5.41, 5.74) is 4.65. The summed E-state index contributed by atoms with van der Waals surface area (Å²) in [6.45, 7) is 8.19. The third kappa shape index (κ3) is 8.05. The molecule has 0 saturated heterocycles. The summed E-state index contributed by atoms with van der Waals surface area (Å²) in [6.07, 6.45) is 2.39. The van der Waals surface area contributed by atoms with Crippen molar-refractivity contribution in [2.24, 2.45) is 5.92 Å². The standard InChI is InChI=1S/C30H37N5O4S/c1-5-34(4)29-33-26-12-11-23(16-27(26)39-29)28(36)35(18-21(2)3)14-13-24(15-22-9-7-6-8-10-22)32-30(37)38-19-25-17-31-20-40-25/h6-12,16-17,20-21,24H,5,13-15,18-19H2,1-4H3,(H,32,37)/t24-/m1/s1. The highest BCUT2D eigenvalue weighted by molar-refractivity contribution is 7.09. The van der Waals surface area contributed by atoms with Gasteiger partial charge in [0.05, 0.1) is 10.4 Å². The summed E-state index contributed by atoms with van der Waals surface area (Å²) in [7, 11) is 1.91. The summed E-state index contributed by atoms with van der Waals surface area (Å²) in [5.74, 6) is 0.191. The maximum Gasteiger partial charge on any atom is 0.407 e. The van der Waals surface area contributed by atoms with Gasteiger partial charge >= 0.3 is 6.09 Å². The van der Waals surface area contributed by atoms with Crippen LogP contribution in [0.5, 0.6) is 0 Å². The van der Waals surface area contributed by atoms with Gasteiger partial charge < -0.3 is 24.3 Å². The molecule has 2 heterocycles. The lowest BCUT2D eigenvalue weighted by atomic mass is 10.0. The second-order valence-electron chi connectivity index (χ2n) is 10.2. The zero-order chi connectivity index (χ0) is 28.5. The van der Waals surface area contributed by atoms with Crippen molar-refractivity contribution in [3.8, 4) is 0 Å². The average molecular weight is 564 g/mol. The summed E-state index contributed by atoms with van der Waals surface area (Å²) in [6, 6.07) is 15.7. The molecule has 0 bridgehead atoms. The lowest BCUT2D eigenvalue weighted by molar-refractivity contribution is 0.0728. The van der Waals surface area contributed by atoms with E-state index < -0.39 is 6.09 Å². The Labute approximate surface area is 239 Å². The number of oxazole rings is 1. The smallest absolute Gasteiger partial charge is 0.407 e. The van der Waals surface area contributed by atoms with Gasteiger partial charge in [0.1, 0.15) is 12.1 Å². The Balaban J connectivity index is 1.47. The molecule has 9 nitrogen and oxygen atoms in total. The van der Waals surface area contributed by atoms with Gasteiger partial charge in [0.2, 0.25) is 0 Å². The molecule has 2 amide bonds. The van der Waals surface area contributed by atoms with Crippen molar-refractivity contribution in [2.45, 2.75) is 46.3 Å². The largest absolute Gasteiger partial charge is 0.444 e. The fourth-order valence-corrected chi connectivity index (χ4v) is 4.84. The summed E-state index contributed by atoms with van der Waals surface area (Å²) >= 11 is 1.44. The molecule has 4 rings (SSSR count). The van der Waals surface area contributed by atoms with Gasteiger partial charge in [-0.3, -0.25) is 9.78 Å². The first-order valence-electron chi connectivity index (χ1n) is 13.6. The number of nitrogens with one attached hydrogen (secondary N) is 1. The number of ether oxygens (including phenoxy) is 1. The molecule has 10 heteroatoms. The van der Waals surface area contributed by atoms with Gasteiger partial charge in [-0.1, -0.05) is 44.2 Å². The SMILES string of the molecule is CCN(C)c1nc2ccc(C(=O)N(CC[C@H](Cc3ccccc3)NC(=O)OCc3cncs3)CC(C)C)cc2o1. The molecule has 1 N–H and O–H groups in total. The predicted octanol–water partition coefficient (Wildman–Crippen LogP) is 5.77. The first-order valence-corrected chi connectivity index (χ1v) is 14.5. The van der Waals surface area contributed by atoms with Gasteiger partial charge in [-0.25, -0.2) is 4.79 Å². The van der Waals surface area contributed by atoms with E-state index in [4.69, 9.17) is 9.15 Å². The molecule has 2 aromatic carbocycles. The number of fused-ring (bicyclic) bond motifs is 1. The van der Waals surface area contributed by atoms with Crippen LogP contribution in [0.4, 0.5) is 10.8 Å². The first kappa shape index (κ1) is 29.1. The molecular weight excluding hydrogens is 526 g/mol. The van der Waals surface area contributed by atoms with Gasteiger partial charge in [0.15, 0.2) is 5.58 Å². The average Bonchev–Trinajstić information content (AvgIpc) is 3.63. The molecule has 0 radical (unpaired) electrons. The number of rotatable bonds is 13. The van der Waals surface area contributed by atoms with Gasteiger partial charge in [-0.15, -0.1) is 11.3 Å². The Bertz CT molecular complexity index is 1370. The maximum atomic E-state index is 13.7. The van der Waals surface area contributed by atoms with Crippen LogP contribution < -0.4 is 10.2 Å². The summed E-state index contributed by atoms with van der Waals surface area (Å²) in [4.78, 5) is 39.5. The van der Waals surface area contributed by atoms with E-state index in [1.54, 1.807) is 23.8 Å². The maximum absolute atomic E-state index is 13.7. The number of anilines is 1. The number of nitrogens with zero attached hydrogens (tertiary/aromatic N) is 4. The van der Waals surface area contributed by atoms with Crippen molar-refractivity contribution in [3.63, 3.8) is 0 Å². The number of hydrogen-bond acceptors (Lipinski definition) is 8. The highest BCUT2D eigenvalue weighted by atomic mass is 32.1. The van der Waals surface area contributed by atoms with E-state index in [1.807, 2.05) is 60.2 Å². The normalized spacial score (nSPS) is 11.9. The molecule has 0 saturated carbocycles. The van der Waals surface area contributed by atoms with Crippen molar-refractivity contribution < 1.29 is 18.7 Å². The highest BCUT2D eigenvalue weighted by Gasteiger charge is 2.22. The van der Waals surface area contributed by atoms with E-state index in [-0.39, 0.29) is 24.5 Å².